The summed E-state index contributed by atoms with van der Waals surface area (Å²) in [5.41, 5.74) is 6.35. The van der Waals surface area contributed by atoms with Crippen molar-refractivity contribution in [2.75, 3.05) is 28.2 Å². The van der Waals surface area contributed by atoms with Crippen LogP contribution in [-0.2, 0) is 83.5 Å². The Morgan fingerprint density at radius 2 is 0.709 bits per heavy atom. The Bertz CT molecular complexity index is 3120. The number of hydrogen-bond acceptors (Lipinski definition) is 14. The summed E-state index contributed by atoms with van der Waals surface area (Å²) in [5.74, 6) is -0.447. The van der Waals surface area contributed by atoms with Crippen LogP contribution in [0.15, 0.2) is 87.1 Å². The van der Waals surface area contributed by atoms with Crippen molar-refractivity contribution < 1.29 is 54.4 Å². The summed E-state index contributed by atoms with van der Waals surface area (Å²) < 4.78 is 93.3. The lowest BCUT2D eigenvalue weighted by atomic mass is 9.49. The van der Waals surface area contributed by atoms with Crippen LogP contribution in [0.3, 0.4) is 0 Å². The second-order valence-corrected chi connectivity index (χ2v) is 32.2. The van der Waals surface area contributed by atoms with Gasteiger partial charge in [-0.05, 0) is 221 Å². The van der Waals surface area contributed by atoms with Crippen LogP contribution in [0, 0.1) is 0 Å². The molecule has 0 radical (unpaired) electrons. The summed E-state index contributed by atoms with van der Waals surface area (Å²) in [6.45, 7) is 42.3. The van der Waals surface area contributed by atoms with E-state index in [9.17, 15) is 26.4 Å². The fourth-order valence-corrected chi connectivity index (χ4v) is 12.6. The van der Waals surface area contributed by atoms with Crippen LogP contribution in [0.1, 0.15) is 207 Å². The highest BCUT2D eigenvalue weighted by Gasteiger charge is 2.64. The molecule has 0 unspecified atom stereocenters. The maximum Gasteiger partial charge on any atom is 0.494 e. The number of benzene rings is 4. The van der Waals surface area contributed by atoms with Crippen molar-refractivity contribution in [2.45, 2.75) is 231 Å². The lowest BCUT2D eigenvalue weighted by Crippen LogP contribution is -2.41. The molecule has 3 fully saturated rings. The van der Waals surface area contributed by atoms with E-state index in [4.69, 9.17) is 27.9 Å². The molecule has 0 aliphatic carbocycles. The average molecular weight is 1290 g/mol. The van der Waals surface area contributed by atoms with Crippen LogP contribution < -0.4 is 14.9 Å². The van der Waals surface area contributed by atoms with Crippen LogP contribution >= 0.6 is 15.9 Å². The second kappa shape index (κ2) is 27.7. The van der Waals surface area contributed by atoms with E-state index in [1.54, 1.807) is 24.3 Å². The standard InChI is InChI=1S/C29H43BN2O5S.C23H31BrN2O3S.C12H24B2O4/c1-19(2)24-15-22(30-36-28(5,6)29(7,8)37-30)16-25(20(3)4)26(24)17-27(33)31-38(34,35)23-13-11-21(12-14-23)18-32(9)10;1-15(2)20-11-18(24)12-21(16(3)4)22(20)13-23(27)25-30(28,29)19-9-7-17(8-10-19)14-26(5)6;1-9(2)10(3,4)16-13(15-9)14-17-11(5,6)12(7,8)18-14/h11-16,19-20H,17-18H2,1-10H3,(H,31,33);7-12,15-16H,13-14H2,1-6H3,(H,25,27);1-8H3. The van der Waals surface area contributed by atoms with Crippen molar-refractivity contribution in [3.63, 3.8) is 0 Å². The minimum Gasteiger partial charge on any atom is -0.405 e. The Labute approximate surface area is 526 Å². The highest BCUT2D eigenvalue weighted by Crippen LogP contribution is 2.43. The molecule has 2 amide bonds. The van der Waals surface area contributed by atoms with Gasteiger partial charge in [0, 0.05) is 17.6 Å². The molecule has 3 aliphatic heterocycles. The number of carbonyl (C=O) groups excluding carboxylic acids is 2. The largest absolute Gasteiger partial charge is 0.494 e. The fraction of sp³-hybridized carbons (Fsp3) is 0.594. The van der Waals surface area contributed by atoms with Crippen molar-refractivity contribution in [3.05, 3.63) is 122 Å². The minimum atomic E-state index is -3.99. The van der Waals surface area contributed by atoms with E-state index >= 15 is 0 Å². The molecule has 3 heterocycles. The van der Waals surface area contributed by atoms with Gasteiger partial charge >= 0.3 is 21.1 Å². The topological polar surface area (TPSA) is 188 Å². The third-order valence-electron chi connectivity index (χ3n) is 17.0. The molecule has 2 N–H and O–H groups in total. The third kappa shape index (κ3) is 17.9. The van der Waals surface area contributed by atoms with Gasteiger partial charge in [-0.2, -0.15) is 0 Å². The van der Waals surface area contributed by atoms with Crippen molar-refractivity contribution in [2.24, 2.45) is 0 Å². The Morgan fingerprint density at radius 1 is 0.453 bits per heavy atom. The van der Waals surface area contributed by atoms with Gasteiger partial charge in [0.25, 0.3) is 20.0 Å². The molecule has 7 rings (SSSR count). The van der Waals surface area contributed by atoms with E-state index in [0.717, 1.165) is 54.4 Å². The van der Waals surface area contributed by atoms with Gasteiger partial charge in [-0.1, -0.05) is 108 Å². The van der Waals surface area contributed by atoms with Crippen molar-refractivity contribution in [1.82, 2.24) is 19.2 Å². The number of rotatable bonds is 18. The normalized spacial score (nSPS) is 18.4. The maximum absolute atomic E-state index is 13.1. The smallest absolute Gasteiger partial charge is 0.405 e. The summed E-state index contributed by atoms with van der Waals surface area (Å²) in [6, 6.07) is 21.3. The van der Waals surface area contributed by atoms with E-state index in [0.29, 0.717) is 13.1 Å². The lowest BCUT2D eigenvalue weighted by molar-refractivity contribution is -0.119. The van der Waals surface area contributed by atoms with Gasteiger partial charge < -0.3 is 37.7 Å². The summed E-state index contributed by atoms with van der Waals surface area (Å²) in [4.78, 5) is 30.0. The number of amides is 2. The van der Waals surface area contributed by atoms with Crippen LogP contribution in [0.4, 0.5) is 0 Å². The first-order valence-electron chi connectivity index (χ1n) is 29.9. The number of sulfonamides is 2. The molecular weight excluding hydrogens is 1190 g/mol. The molecule has 4 aromatic carbocycles. The number of hydrogen-bond donors (Lipinski definition) is 2. The van der Waals surface area contributed by atoms with Gasteiger partial charge in [0.1, 0.15) is 0 Å². The molecule has 86 heavy (non-hydrogen) atoms. The Kier molecular flexibility index (Phi) is 23.4. The number of halogens is 1. The molecule has 3 aliphatic rings. The number of nitrogens with one attached hydrogen (secondary N) is 2. The zero-order valence-corrected chi connectivity index (χ0v) is 59.0. The second-order valence-electron chi connectivity index (χ2n) is 27.9. The summed E-state index contributed by atoms with van der Waals surface area (Å²) in [6.07, 6.45) is -0.0190. The Balaban J connectivity index is 0.000000250. The van der Waals surface area contributed by atoms with E-state index < -0.39 is 64.2 Å². The van der Waals surface area contributed by atoms with Crippen LogP contribution in [0.2, 0.25) is 0 Å². The predicted molar refractivity (Wildman–Crippen MR) is 351 cm³/mol. The molecule has 3 saturated heterocycles. The van der Waals surface area contributed by atoms with Crippen molar-refractivity contribution in [3.8, 4) is 0 Å². The molecule has 0 bridgehead atoms. The first kappa shape index (κ1) is 72.8. The Morgan fingerprint density at radius 3 is 0.965 bits per heavy atom. The maximum atomic E-state index is 13.1. The van der Waals surface area contributed by atoms with E-state index in [1.807, 2.05) is 145 Å². The minimum absolute atomic E-state index is 0.0201. The highest BCUT2D eigenvalue weighted by atomic mass is 79.9. The zero-order valence-electron chi connectivity index (χ0n) is 55.8. The van der Waals surface area contributed by atoms with E-state index in [-0.39, 0.29) is 68.7 Å². The molecule has 16 nitrogen and oxygen atoms in total. The monoisotopic (exact) mass is 1290 g/mol. The number of carbonyl (C=O) groups is 2. The molecule has 474 valence electrons. The number of nitrogens with zero attached hydrogens (tertiary/aromatic N) is 2. The van der Waals surface area contributed by atoms with Crippen LogP contribution in [-0.4, -0.2) is 121 Å². The van der Waals surface area contributed by atoms with Gasteiger partial charge in [-0.15, -0.1) is 0 Å². The molecule has 0 spiro atoms. The fourth-order valence-electron chi connectivity index (χ4n) is 10.1. The SMILES string of the molecule is CC(C)c1cc(B2OC(C)(C)C(C)(C)O2)cc(C(C)C)c1CC(=O)NS(=O)(=O)c1ccc(CN(C)C)cc1.CC(C)c1cc(Br)cc(C(C)C)c1CC(=O)NS(=O)(=O)c1ccc(CN(C)C)cc1.CC1(C)OB(B2OC(C)(C)C(C)(C)O2)OC1(C)C. The molecule has 0 atom stereocenters. The molecule has 4 aromatic rings. The van der Waals surface area contributed by atoms with Gasteiger partial charge in [0.15, 0.2) is 0 Å². The van der Waals surface area contributed by atoms with Gasteiger partial charge in [-0.3, -0.25) is 9.59 Å². The first-order valence-corrected chi connectivity index (χ1v) is 33.6. The van der Waals surface area contributed by atoms with E-state index in [1.165, 1.54) is 24.3 Å². The molecule has 0 saturated carbocycles. The average Bonchev–Trinajstić information content (AvgIpc) is 1.71. The summed E-state index contributed by atoms with van der Waals surface area (Å²) >= 11 is 3.55. The predicted octanol–water partition coefficient (Wildman–Crippen LogP) is 11.4. The van der Waals surface area contributed by atoms with E-state index in [2.05, 4.69) is 80.8 Å². The molecular formula is C64H98B3BrN4O12S2. The van der Waals surface area contributed by atoms with Gasteiger partial charge in [0.05, 0.1) is 56.2 Å². The molecule has 22 heteroatoms. The summed E-state index contributed by atoms with van der Waals surface area (Å²) in [5, 5.41) is 0. The quantitative estimate of drug-likeness (QED) is 0.0895. The third-order valence-corrected chi connectivity index (χ3v) is 20.3. The van der Waals surface area contributed by atoms with Crippen molar-refractivity contribution in [1.29, 1.82) is 0 Å². The Hall–Kier alpha value is -3.93. The highest BCUT2D eigenvalue weighted by molar-refractivity contribution is 9.10. The zero-order chi connectivity index (χ0) is 65.2. The summed E-state index contributed by atoms with van der Waals surface area (Å²) in [7, 11) is -1.59. The first-order chi connectivity index (χ1) is 39.2. The molecule has 0 aromatic heterocycles. The van der Waals surface area contributed by atoms with Crippen LogP contribution in [0.25, 0.3) is 0 Å². The lowest BCUT2D eigenvalue weighted by Gasteiger charge is -2.32. The van der Waals surface area contributed by atoms with Gasteiger partial charge in [-0.25, -0.2) is 26.3 Å². The van der Waals surface area contributed by atoms with Crippen molar-refractivity contribution >= 4 is 74.4 Å². The van der Waals surface area contributed by atoms with Gasteiger partial charge in [0.2, 0.25) is 11.8 Å². The van der Waals surface area contributed by atoms with Crippen LogP contribution in [0.5, 0.6) is 0 Å².